The van der Waals surface area contributed by atoms with Crippen molar-refractivity contribution in [2.75, 3.05) is 12.9 Å². The number of aromatic carboxylic acids is 1. The number of nitrogens with zero attached hydrogens (tertiary/aromatic N) is 2. The minimum absolute atomic E-state index is 0. The molecule has 0 bridgehead atoms. The molecule has 0 radical (unpaired) electrons. The molecule has 102 valence electrons. The van der Waals surface area contributed by atoms with Crippen molar-refractivity contribution in [3.63, 3.8) is 0 Å². The predicted molar refractivity (Wildman–Crippen MR) is 72.4 cm³/mol. The van der Waals surface area contributed by atoms with Crippen molar-refractivity contribution in [1.29, 1.82) is 0 Å². The van der Waals surface area contributed by atoms with Crippen LogP contribution in [-0.4, -0.2) is 36.5 Å². The number of rotatable bonds is 7. The molecule has 0 aliphatic rings. The summed E-state index contributed by atoms with van der Waals surface area (Å²) in [7, 11) is -1.12. The third kappa shape index (κ3) is 6.90. The van der Waals surface area contributed by atoms with E-state index in [-0.39, 0.29) is 63.8 Å². The van der Waals surface area contributed by atoms with Gasteiger partial charge in [0.15, 0.2) is 5.16 Å². The second kappa shape index (κ2) is 8.98. The normalized spacial score (nSPS) is 11.2. The summed E-state index contributed by atoms with van der Waals surface area (Å²) in [5.74, 6) is -1.23. The largest absolute Gasteiger partial charge is 1.00 e. The molecule has 0 fully saturated rings. The molecular formula is C11H19KN2O3SSi. The molecule has 0 unspecified atom stereocenters. The minimum Gasteiger partial charge on any atom is -0.543 e. The zero-order valence-corrected chi connectivity index (χ0v) is 17.2. The Balaban J connectivity index is 0.00000324. The quantitative estimate of drug-likeness (QED) is 0.339. The molecule has 0 atom stereocenters. The van der Waals surface area contributed by atoms with Gasteiger partial charge in [-0.05, 0) is 12.3 Å². The van der Waals surface area contributed by atoms with Crippen molar-refractivity contribution in [2.24, 2.45) is 0 Å². The fourth-order valence-corrected chi connectivity index (χ4v) is 2.63. The van der Waals surface area contributed by atoms with E-state index in [0.717, 1.165) is 6.04 Å². The second-order valence-electron chi connectivity index (χ2n) is 5.19. The van der Waals surface area contributed by atoms with Gasteiger partial charge in [-0.3, -0.25) is 4.57 Å². The van der Waals surface area contributed by atoms with Crippen LogP contribution in [0.1, 0.15) is 10.5 Å². The molecule has 0 saturated carbocycles. The first kappa shape index (κ1) is 19.8. The maximum atomic E-state index is 10.9. The molecular weight excluding hydrogens is 307 g/mol. The van der Waals surface area contributed by atoms with Gasteiger partial charge in [0, 0.05) is 14.7 Å². The van der Waals surface area contributed by atoms with Crippen LogP contribution in [-0.2, 0) is 11.5 Å². The van der Waals surface area contributed by atoms with E-state index in [0.29, 0.717) is 11.8 Å². The Bertz CT molecular complexity index is 421. The van der Waals surface area contributed by atoms with Gasteiger partial charge in [0.2, 0.25) is 0 Å². The van der Waals surface area contributed by atoms with Gasteiger partial charge < -0.3 is 14.6 Å². The van der Waals surface area contributed by atoms with Crippen molar-refractivity contribution in [2.45, 2.75) is 37.6 Å². The summed E-state index contributed by atoms with van der Waals surface area (Å²) >= 11 is 1.39. The van der Waals surface area contributed by atoms with Crippen molar-refractivity contribution in [3.05, 3.63) is 11.9 Å². The third-order valence-electron chi connectivity index (χ3n) is 2.43. The molecule has 0 aliphatic carbocycles. The molecule has 8 heteroatoms. The average molecular weight is 327 g/mol. The van der Waals surface area contributed by atoms with E-state index in [4.69, 9.17) is 4.74 Å². The van der Waals surface area contributed by atoms with E-state index in [9.17, 15) is 9.90 Å². The van der Waals surface area contributed by atoms with Crippen LogP contribution in [0.15, 0.2) is 11.4 Å². The van der Waals surface area contributed by atoms with Crippen LogP contribution >= 0.6 is 11.8 Å². The van der Waals surface area contributed by atoms with E-state index < -0.39 is 14.0 Å². The number of hydrogen-bond donors (Lipinski definition) is 0. The van der Waals surface area contributed by atoms with Crippen molar-refractivity contribution in [1.82, 2.24) is 9.55 Å². The van der Waals surface area contributed by atoms with Crippen LogP contribution in [0.25, 0.3) is 0 Å². The minimum atomic E-state index is -1.23. The molecule has 5 nitrogen and oxygen atoms in total. The Morgan fingerprint density at radius 2 is 2.16 bits per heavy atom. The van der Waals surface area contributed by atoms with E-state index in [1.54, 1.807) is 0 Å². The maximum absolute atomic E-state index is 10.9. The predicted octanol–water partition coefficient (Wildman–Crippen LogP) is -1.72. The summed E-state index contributed by atoms with van der Waals surface area (Å²) in [6.07, 6.45) is 3.16. The van der Waals surface area contributed by atoms with Gasteiger partial charge in [-0.1, -0.05) is 31.4 Å². The van der Waals surface area contributed by atoms with Gasteiger partial charge in [-0.15, -0.1) is 0 Å². The summed E-state index contributed by atoms with van der Waals surface area (Å²) in [6, 6.07) is 1.05. The molecule has 0 saturated heterocycles. The van der Waals surface area contributed by atoms with Gasteiger partial charge in [0.1, 0.15) is 6.73 Å². The number of carbonyl (C=O) groups excluding carboxylic acids is 1. The van der Waals surface area contributed by atoms with E-state index in [2.05, 4.69) is 24.6 Å². The first-order chi connectivity index (χ1) is 8.35. The van der Waals surface area contributed by atoms with Gasteiger partial charge in [-0.2, -0.15) is 0 Å². The van der Waals surface area contributed by atoms with Gasteiger partial charge in [0.25, 0.3) is 0 Å². The van der Waals surface area contributed by atoms with Crippen LogP contribution in [0, 0.1) is 0 Å². The van der Waals surface area contributed by atoms with E-state index in [1.807, 2.05) is 6.26 Å². The molecule has 0 N–H and O–H groups in total. The van der Waals surface area contributed by atoms with Crippen LogP contribution in [0.3, 0.4) is 0 Å². The number of carboxylic acids is 1. The molecule has 0 amide bonds. The van der Waals surface area contributed by atoms with Crippen LogP contribution in [0.2, 0.25) is 25.7 Å². The Kier molecular flexibility index (Phi) is 9.38. The van der Waals surface area contributed by atoms with Crippen LogP contribution in [0.5, 0.6) is 0 Å². The zero-order chi connectivity index (χ0) is 13.8. The number of imidazole rings is 1. The first-order valence-corrected chi connectivity index (χ1v) is 10.7. The second-order valence-corrected chi connectivity index (χ2v) is 11.6. The number of aromatic nitrogens is 2. The summed E-state index contributed by atoms with van der Waals surface area (Å²) in [6.45, 7) is 7.67. The smallest absolute Gasteiger partial charge is 0.543 e. The Morgan fingerprint density at radius 3 is 2.63 bits per heavy atom. The summed E-state index contributed by atoms with van der Waals surface area (Å²) in [5.41, 5.74) is 0.0624. The number of carbonyl (C=O) groups is 1. The molecule has 1 rings (SSSR count). The average Bonchev–Trinajstić information content (AvgIpc) is 2.66. The topological polar surface area (TPSA) is 67.2 Å². The number of hydrogen-bond acceptors (Lipinski definition) is 5. The Hall–Kier alpha value is 0.843. The fraction of sp³-hybridized carbons (Fsp3) is 0.636. The van der Waals surface area contributed by atoms with Crippen LogP contribution in [0.4, 0.5) is 0 Å². The van der Waals surface area contributed by atoms with Crippen molar-refractivity contribution < 1.29 is 66.0 Å². The Labute approximate surface area is 161 Å². The summed E-state index contributed by atoms with van der Waals surface area (Å²) in [5, 5.41) is 11.5. The Morgan fingerprint density at radius 1 is 1.53 bits per heavy atom. The van der Waals surface area contributed by atoms with Crippen molar-refractivity contribution >= 4 is 25.8 Å². The molecule has 1 aromatic rings. The van der Waals surface area contributed by atoms with Gasteiger partial charge >= 0.3 is 51.4 Å². The molecule has 0 aromatic carbocycles. The van der Waals surface area contributed by atoms with Gasteiger partial charge in [0.05, 0.1) is 17.9 Å². The molecule has 0 aliphatic heterocycles. The number of thioether (sulfide) groups is 1. The number of ether oxygens (including phenoxy) is 1. The molecule has 0 spiro atoms. The molecule has 19 heavy (non-hydrogen) atoms. The molecule has 1 aromatic heterocycles. The fourth-order valence-electron chi connectivity index (χ4n) is 1.34. The van der Waals surface area contributed by atoms with E-state index >= 15 is 0 Å². The number of carboxylic acid groups (broad SMARTS) is 1. The van der Waals surface area contributed by atoms with Crippen molar-refractivity contribution in [3.8, 4) is 0 Å². The standard InChI is InChI=1S/C11H20N2O3SSi.K/c1-17-11-12-7-9(10(14)15)13(11)8-16-5-6-18(2,3)4;/h7H,5-6,8H2,1-4H3,(H,14,15);/q;+1/p-1. The van der Waals surface area contributed by atoms with Gasteiger partial charge in [-0.25, -0.2) is 4.98 Å². The maximum Gasteiger partial charge on any atom is 1.00 e. The van der Waals surface area contributed by atoms with E-state index in [1.165, 1.54) is 22.5 Å². The SMILES string of the molecule is CSc1ncc(C(=O)[O-])n1COCC[Si](C)(C)C.[K+]. The molecule has 1 heterocycles. The monoisotopic (exact) mass is 326 g/mol. The third-order valence-corrected chi connectivity index (χ3v) is 4.82. The summed E-state index contributed by atoms with van der Waals surface area (Å²) in [4.78, 5) is 14.9. The summed E-state index contributed by atoms with van der Waals surface area (Å²) < 4.78 is 7.07. The zero-order valence-electron chi connectivity index (χ0n) is 12.2. The van der Waals surface area contributed by atoms with Crippen LogP contribution < -0.4 is 56.5 Å². The first-order valence-electron chi connectivity index (χ1n) is 5.74.